The lowest BCUT2D eigenvalue weighted by Crippen LogP contribution is -2.35. The van der Waals surface area contributed by atoms with Crippen LogP contribution in [0.15, 0.2) is 82.8 Å². The molecule has 2 aromatic carbocycles. The van der Waals surface area contributed by atoms with Crippen LogP contribution in [0.4, 0.5) is 10.1 Å². The number of carbonyl (C=O) groups excluding carboxylic acids is 2. The van der Waals surface area contributed by atoms with Gasteiger partial charge in [-0.15, -0.1) is 0 Å². The summed E-state index contributed by atoms with van der Waals surface area (Å²) >= 11 is 1.31. The van der Waals surface area contributed by atoms with E-state index in [1.165, 1.54) is 40.9 Å². The maximum atomic E-state index is 13.2. The fourth-order valence-corrected chi connectivity index (χ4v) is 3.58. The number of hydrogen-bond donors (Lipinski definition) is 0. The van der Waals surface area contributed by atoms with E-state index in [9.17, 15) is 14.0 Å². The van der Waals surface area contributed by atoms with Crippen molar-refractivity contribution in [2.24, 2.45) is 0 Å². The standard InChI is InChI=1S/C23H18FN3O3S/c24-17-9-11-18(12-10-17)27(15-5-13-25)21(28)16-30-23(29)20-8-4-14-26-22(20)31-19-6-2-1-3-7-19/h1-4,6-12,14H,5,15-16H2. The van der Waals surface area contributed by atoms with Crippen molar-refractivity contribution in [1.82, 2.24) is 4.98 Å². The molecule has 0 aliphatic heterocycles. The Morgan fingerprint density at radius 1 is 1.06 bits per heavy atom. The van der Waals surface area contributed by atoms with Gasteiger partial charge in [-0.3, -0.25) is 4.79 Å². The molecule has 0 saturated heterocycles. The first-order valence-corrected chi connectivity index (χ1v) is 10.2. The summed E-state index contributed by atoms with van der Waals surface area (Å²) in [6, 6.07) is 19.9. The van der Waals surface area contributed by atoms with Crippen LogP contribution in [0.25, 0.3) is 0 Å². The van der Waals surface area contributed by atoms with Gasteiger partial charge in [0.15, 0.2) is 6.61 Å². The third-order valence-corrected chi connectivity index (χ3v) is 5.19. The molecule has 3 rings (SSSR count). The van der Waals surface area contributed by atoms with Gasteiger partial charge in [0, 0.05) is 23.3 Å². The SMILES string of the molecule is N#CCCN(C(=O)COC(=O)c1cccnc1Sc1ccccc1)c1ccc(F)cc1. The number of aromatic nitrogens is 1. The van der Waals surface area contributed by atoms with E-state index in [0.717, 1.165) is 4.90 Å². The Bertz CT molecular complexity index is 1090. The van der Waals surface area contributed by atoms with Crippen LogP contribution in [0.3, 0.4) is 0 Å². The molecule has 0 aliphatic carbocycles. The summed E-state index contributed by atoms with van der Waals surface area (Å²) < 4.78 is 18.4. The Labute approximate surface area is 183 Å². The second-order valence-electron chi connectivity index (χ2n) is 6.28. The highest BCUT2D eigenvalue weighted by molar-refractivity contribution is 7.99. The monoisotopic (exact) mass is 435 g/mol. The number of pyridine rings is 1. The van der Waals surface area contributed by atoms with Gasteiger partial charge in [0.1, 0.15) is 10.8 Å². The molecule has 0 saturated carbocycles. The van der Waals surface area contributed by atoms with Gasteiger partial charge in [-0.25, -0.2) is 14.2 Å². The second kappa shape index (κ2) is 10.9. The number of esters is 1. The zero-order chi connectivity index (χ0) is 22.1. The largest absolute Gasteiger partial charge is 0.452 e. The van der Waals surface area contributed by atoms with Crippen LogP contribution < -0.4 is 4.90 Å². The molecule has 156 valence electrons. The molecule has 0 aliphatic rings. The number of anilines is 1. The van der Waals surface area contributed by atoms with Gasteiger partial charge in [-0.1, -0.05) is 30.0 Å². The lowest BCUT2D eigenvalue weighted by molar-refractivity contribution is -0.121. The number of benzene rings is 2. The molecular formula is C23H18FN3O3S. The van der Waals surface area contributed by atoms with Gasteiger partial charge in [0.25, 0.3) is 5.91 Å². The minimum atomic E-state index is -0.681. The van der Waals surface area contributed by atoms with Crippen LogP contribution in [-0.4, -0.2) is 30.0 Å². The van der Waals surface area contributed by atoms with Crippen LogP contribution in [-0.2, 0) is 9.53 Å². The van der Waals surface area contributed by atoms with Crippen molar-refractivity contribution in [3.8, 4) is 6.07 Å². The molecule has 0 fully saturated rings. The summed E-state index contributed by atoms with van der Waals surface area (Å²) in [6.45, 7) is -0.424. The Morgan fingerprint density at radius 3 is 2.52 bits per heavy atom. The summed E-state index contributed by atoms with van der Waals surface area (Å²) in [5.74, 6) is -1.64. The minimum Gasteiger partial charge on any atom is -0.452 e. The highest BCUT2D eigenvalue weighted by Gasteiger charge is 2.20. The minimum absolute atomic E-state index is 0.0809. The van der Waals surface area contributed by atoms with Gasteiger partial charge in [0.2, 0.25) is 0 Å². The molecule has 1 aromatic heterocycles. The third kappa shape index (κ3) is 6.14. The highest BCUT2D eigenvalue weighted by Crippen LogP contribution is 2.28. The molecule has 0 N–H and O–H groups in total. The van der Waals surface area contributed by atoms with Gasteiger partial charge in [0.05, 0.1) is 18.1 Å². The van der Waals surface area contributed by atoms with E-state index >= 15 is 0 Å². The maximum Gasteiger partial charge on any atom is 0.341 e. The van der Waals surface area contributed by atoms with Crippen molar-refractivity contribution in [3.05, 3.63) is 84.3 Å². The maximum absolute atomic E-state index is 13.2. The number of ether oxygens (including phenoxy) is 1. The molecule has 6 nitrogen and oxygen atoms in total. The second-order valence-corrected chi connectivity index (χ2v) is 7.34. The molecule has 0 spiro atoms. The molecule has 0 radical (unpaired) electrons. The lowest BCUT2D eigenvalue weighted by Gasteiger charge is -2.21. The molecule has 0 bridgehead atoms. The fraction of sp³-hybridized carbons (Fsp3) is 0.130. The molecular weight excluding hydrogens is 417 g/mol. The first kappa shape index (κ1) is 22.0. The van der Waals surface area contributed by atoms with E-state index in [1.54, 1.807) is 18.3 Å². The highest BCUT2D eigenvalue weighted by atomic mass is 32.2. The Kier molecular flexibility index (Phi) is 7.73. The summed E-state index contributed by atoms with van der Waals surface area (Å²) in [7, 11) is 0. The molecule has 1 amide bonds. The third-order valence-electron chi connectivity index (χ3n) is 4.16. The van der Waals surface area contributed by atoms with Crippen molar-refractivity contribution in [1.29, 1.82) is 5.26 Å². The van der Waals surface area contributed by atoms with Crippen molar-refractivity contribution >= 4 is 29.3 Å². The predicted octanol–water partition coefficient (Wildman–Crippen LogP) is 4.48. The Balaban J connectivity index is 1.69. The number of amides is 1. The molecule has 1 heterocycles. The molecule has 0 unspecified atom stereocenters. The smallest absolute Gasteiger partial charge is 0.341 e. The van der Waals surface area contributed by atoms with E-state index in [1.807, 2.05) is 36.4 Å². The van der Waals surface area contributed by atoms with Gasteiger partial charge in [-0.2, -0.15) is 5.26 Å². The van der Waals surface area contributed by atoms with Crippen molar-refractivity contribution in [3.63, 3.8) is 0 Å². The molecule has 31 heavy (non-hydrogen) atoms. The molecule has 3 aromatic rings. The van der Waals surface area contributed by atoms with E-state index < -0.39 is 24.3 Å². The van der Waals surface area contributed by atoms with Gasteiger partial charge < -0.3 is 9.64 Å². The predicted molar refractivity (Wildman–Crippen MR) is 114 cm³/mol. The fourth-order valence-electron chi connectivity index (χ4n) is 2.69. The van der Waals surface area contributed by atoms with E-state index in [4.69, 9.17) is 10.00 Å². The normalized spacial score (nSPS) is 10.2. The number of rotatable bonds is 8. The van der Waals surface area contributed by atoms with E-state index in [-0.39, 0.29) is 18.5 Å². The van der Waals surface area contributed by atoms with Gasteiger partial charge >= 0.3 is 5.97 Å². The quantitative estimate of drug-likeness (QED) is 0.485. The van der Waals surface area contributed by atoms with Crippen molar-refractivity contribution in [2.75, 3.05) is 18.1 Å². The van der Waals surface area contributed by atoms with Crippen molar-refractivity contribution < 1.29 is 18.7 Å². The van der Waals surface area contributed by atoms with Crippen molar-refractivity contribution in [2.45, 2.75) is 16.3 Å². The first-order chi connectivity index (χ1) is 15.1. The number of nitrogens with zero attached hydrogens (tertiary/aromatic N) is 3. The number of nitriles is 1. The Hall–Kier alpha value is -3.70. The lowest BCUT2D eigenvalue weighted by atomic mass is 10.2. The Morgan fingerprint density at radius 2 is 1.81 bits per heavy atom. The van der Waals surface area contributed by atoms with Crippen LogP contribution in [0, 0.1) is 17.1 Å². The average molecular weight is 435 g/mol. The summed E-state index contributed by atoms with van der Waals surface area (Å²) in [4.78, 5) is 31.7. The average Bonchev–Trinajstić information content (AvgIpc) is 2.80. The first-order valence-electron chi connectivity index (χ1n) is 9.36. The molecule has 8 heteroatoms. The summed E-state index contributed by atoms with van der Waals surface area (Å²) in [5.41, 5.74) is 0.661. The van der Waals surface area contributed by atoms with E-state index in [2.05, 4.69) is 4.98 Å². The van der Waals surface area contributed by atoms with Crippen LogP contribution in [0.1, 0.15) is 16.8 Å². The summed E-state index contributed by atoms with van der Waals surface area (Å²) in [6.07, 6.45) is 1.66. The zero-order valence-corrected chi connectivity index (χ0v) is 17.2. The number of carbonyl (C=O) groups is 2. The zero-order valence-electron chi connectivity index (χ0n) is 16.4. The van der Waals surface area contributed by atoms with Crippen LogP contribution in [0.5, 0.6) is 0 Å². The van der Waals surface area contributed by atoms with E-state index in [0.29, 0.717) is 10.7 Å². The number of halogens is 1. The van der Waals surface area contributed by atoms with Crippen LogP contribution in [0.2, 0.25) is 0 Å². The summed E-state index contributed by atoms with van der Waals surface area (Å²) in [5, 5.41) is 9.33. The van der Waals surface area contributed by atoms with Gasteiger partial charge in [-0.05, 0) is 48.5 Å². The molecule has 0 atom stereocenters. The van der Waals surface area contributed by atoms with Crippen LogP contribution >= 0.6 is 11.8 Å². The topological polar surface area (TPSA) is 83.3 Å². The number of hydrogen-bond acceptors (Lipinski definition) is 6.